The number of ether oxygens (including phenoxy) is 1. The van der Waals surface area contributed by atoms with E-state index in [0.717, 1.165) is 25.8 Å². The fourth-order valence-electron chi connectivity index (χ4n) is 2.16. The van der Waals surface area contributed by atoms with E-state index >= 15 is 0 Å². The molecule has 0 radical (unpaired) electrons. The van der Waals surface area contributed by atoms with Crippen molar-refractivity contribution in [3.8, 4) is 0 Å². The van der Waals surface area contributed by atoms with Crippen LogP contribution < -0.4 is 5.32 Å². The van der Waals surface area contributed by atoms with Crippen molar-refractivity contribution in [2.75, 3.05) is 6.61 Å². The molecule has 0 amide bonds. The van der Waals surface area contributed by atoms with Crippen LogP contribution in [0, 0.1) is 5.92 Å². The van der Waals surface area contributed by atoms with Gasteiger partial charge in [-0.3, -0.25) is 4.79 Å². The molecule has 1 atom stereocenters. The van der Waals surface area contributed by atoms with Gasteiger partial charge in [0.2, 0.25) is 0 Å². The predicted octanol–water partition coefficient (Wildman–Crippen LogP) is 3.92. The van der Waals surface area contributed by atoms with Gasteiger partial charge in [-0.15, -0.1) is 0 Å². The van der Waals surface area contributed by atoms with Gasteiger partial charge in [-0.05, 0) is 17.9 Å². The molecule has 0 aliphatic carbocycles. The zero-order valence-corrected chi connectivity index (χ0v) is 13.6. The maximum absolute atomic E-state index is 11.9. The number of benzene rings is 1. The zero-order valence-electron chi connectivity index (χ0n) is 13.6. The van der Waals surface area contributed by atoms with Gasteiger partial charge in [-0.25, -0.2) is 0 Å². The highest BCUT2D eigenvalue weighted by molar-refractivity contribution is 5.70. The van der Waals surface area contributed by atoms with Crippen molar-refractivity contribution in [1.29, 1.82) is 0 Å². The van der Waals surface area contributed by atoms with Gasteiger partial charge in [0.1, 0.15) is 0 Å². The van der Waals surface area contributed by atoms with Gasteiger partial charge in [0.05, 0.1) is 13.0 Å². The number of unbranched alkanes of at least 4 members (excludes halogenated alkanes) is 2. The molecular weight excluding hydrogens is 262 g/mol. The third-order valence-corrected chi connectivity index (χ3v) is 3.61. The van der Waals surface area contributed by atoms with Gasteiger partial charge in [-0.2, -0.15) is 0 Å². The third-order valence-electron chi connectivity index (χ3n) is 3.61. The summed E-state index contributed by atoms with van der Waals surface area (Å²) in [6, 6.07) is 10.4. The summed E-state index contributed by atoms with van der Waals surface area (Å²) in [6.45, 7) is 7.74. The molecule has 1 aromatic rings. The molecule has 3 heteroatoms. The average Bonchev–Trinajstić information content (AvgIpc) is 2.48. The smallest absolute Gasteiger partial charge is 0.307 e. The van der Waals surface area contributed by atoms with Gasteiger partial charge in [0.25, 0.3) is 0 Å². The zero-order chi connectivity index (χ0) is 15.5. The van der Waals surface area contributed by atoms with Gasteiger partial charge in [0, 0.05) is 12.6 Å². The summed E-state index contributed by atoms with van der Waals surface area (Å²) < 4.78 is 5.30. The average molecular weight is 291 g/mol. The number of carbonyl (C=O) groups excluding carboxylic acids is 1. The third kappa shape index (κ3) is 7.86. The van der Waals surface area contributed by atoms with E-state index in [1.807, 2.05) is 18.2 Å². The molecule has 0 saturated carbocycles. The fourth-order valence-corrected chi connectivity index (χ4v) is 2.16. The Hall–Kier alpha value is -1.35. The van der Waals surface area contributed by atoms with Crippen molar-refractivity contribution >= 4 is 5.97 Å². The molecule has 1 rings (SSSR count). The Morgan fingerprint density at radius 1 is 1.19 bits per heavy atom. The Labute approximate surface area is 129 Å². The number of hydrogen-bond acceptors (Lipinski definition) is 3. The first kappa shape index (κ1) is 17.7. The Kier molecular flexibility index (Phi) is 8.76. The Bertz CT molecular complexity index is 389. The van der Waals surface area contributed by atoms with Crippen LogP contribution in [0.4, 0.5) is 0 Å². The molecule has 1 N–H and O–H groups in total. The van der Waals surface area contributed by atoms with Crippen LogP contribution in [0.3, 0.4) is 0 Å². The minimum atomic E-state index is -0.0923. The number of rotatable bonds is 10. The van der Waals surface area contributed by atoms with E-state index in [-0.39, 0.29) is 12.0 Å². The van der Waals surface area contributed by atoms with Crippen LogP contribution in [-0.4, -0.2) is 18.6 Å². The molecule has 0 fully saturated rings. The lowest BCUT2D eigenvalue weighted by atomic mass is 10.0. The molecule has 1 aromatic carbocycles. The lowest BCUT2D eigenvalue weighted by Gasteiger charge is -2.21. The van der Waals surface area contributed by atoms with Gasteiger partial charge in [-0.1, -0.05) is 63.9 Å². The highest BCUT2D eigenvalue weighted by Gasteiger charge is 2.17. The molecule has 0 bridgehead atoms. The van der Waals surface area contributed by atoms with Crippen LogP contribution in [0.15, 0.2) is 30.3 Å². The van der Waals surface area contributed by atoms with E-state index in [9.17, 15) is 4.79 Å². The predicted molar refractivity (Wildman–Crippen MR) is 87.0 cm³/mol. The van der Waals surface area contributed by atoms with E-state index < -0.39 is 0 Å². The summed E-state index contributed by atoms with van der Waals surface area (Å²) in [6.07, 6.45) is 3.67. The van der Waals surface area contributed by atoms with Crippen molar-refractivity contribution in [1.82, 2.24) is 5.32 Å². The first-order valence-corrected chi connectivity index (χ1v) is 8.06. The summed E-state index contributed by atoms with van der Waals surface area (Å²) >= 11 is 0. The van der Waals surface area contributed by atoms with Crippen LogP contribution >= 0.6 is 0 Å². The Balaban J connectivity index is 2.34. The van der Waals surface area contributed by atoms with Crippen LogP contribution in [0.1, 0.15) is 52.0 Å². The van der Waals surface area contributed by atoms with Gasteiger partial charge >= 0.3 is 5.97 Å². The summed E-state index contributed by atoms with van der Waals surface area (Å²) in [4.78, 5) is 11.9. The lowest BCUT2D eigenvalue weighted by molar-refractivity contribution is -0.144. The maximum Gasteiger partial charge on any atom is 0.307 e. The second-order valence-corrected chi connectivity index (χ2v) is 5.85. The van der Waals surface area contributed by atoms with E-state index in [1.54, 1.807) is 0 Å². The van der Waals surface area contributed by atoms with E-state index in [4.69, 9.17) is 4.74 Å². The molecule has 3 nitrogen and oxygen atoms in total. The van der Waals surface area contributed by atoms with Gasteiger partial charge < -0.3 is 10.1 Å². The highest BCUT2D eigenvalue weighted by atomic mass is 16.5. The van der Waals surface area contributed by atoms with Crippen LogP contribution in [0.2, 0.25) is 0 Å². The number of hydrogen-bond donors (Lipinski definition) is 1. The highest BCUT2D eigenvalue weighted by Crippen LogP contribution is 2.09. The molecule has 0 spiro atoms. The quantitative estimate of drug-likeness (QED) is 0.524. The number of carbonyl (C=O) groups is 1. The molecule has 0 aliphatic rings. The molecule has 21 heavy (non-hydrogen) atoms. The SMILES string of the molecule is CCCCCOC(=O)CC(NCc1ccccc1)C(C)C. The molecule has 118 valence electrons. The summed E-state index contributed by atoms with van der Waals surface area (Å²) in [5.74, 6) is 0.308. The van der Waals surface area contributed by atoms with E-state index in [0.29, 0.717) is 18.9 Å². The topological polar surface area (TPSA) is 38.3 Å². The molecular formula is C18H29NO2. The summed E-state index contributed by atoms with van der Waals surface area (Å²) in [5.41, 5.74) is 1.24. The Morgan fingerprint density at radius 2 is 1.90 bits per heavy atom. The van der Waals surface area contributed by atoms with Crippen LogP contribution in [-0.2, 0) is 16.1 Å². The minimum absolute atomic E-state index is 0.0923. The second-order valence-electron chi connectivity index (χ2n) is 5.85. The molecule has 0 aromatic heterocycles. The molecule has 0 heterocycles. The fraction of sp³-hybridized carbons (Fsp3) is 0.611. The minimum Gasteiger partial charge on any atom is -0.466 e. The van der Waals surface area contributed by atoms with Gasteiger partial charge in [0.15, 0.2) is 0 Å². The summed E-state index contributed by atoms with van der Waals surface area (Å²) in [7, 11) is 0. The van der Waals surface area contributed by atoms with Crippen molar-refractivity contribution in [2.45, 2.75) is 59.0 Å². The standard InChI is InChI=1S/C18H29NO2/c1-4-5-9-12-21-18(20)13-17(15(2)3)19-14-16-10-7-6-8-11-16/h6-8,10-11,15,17,19H,4-5,9,12-14H2,1-3H3. The van der Waals surface area contributed by atoms with Crippen LogP contribution in [0.5, 0.6) is 0 Å². The normalized spacial score (nSPS) is 12.4. The first-order chi connectivity index (χ1) is 10.1. The van der Waals surface area contributed by atoms with Crippen molar-refractivity contribution in [3.05, 3.63) is 35.9 Å². The number of esters is 1. The van der Waals surface area contributed by atoms with Crippen molar-refractivity contribution < 1.29 is 9.53 Å². The molecule has 0 aliphatic heterocycles. The molecule has 1 unspecified atom stereocenters. The monoisotopic (exact) mass is 291 g/mol. The molecule has 0 saturated heterocycles. The van der Waals surface area contributed by atoms with E-state index in [1.165, 1.54) is 5.56 Å². The first-order valence-electron chi connectivity index (χ1n) is 8.06. The Morgan fingerprint density at radius 3 is 2.52 bits per heavy atom. The number of nitrogens with one attached hydrogen (secondary N) is 1. The van der Waals surface area contributed by atoms with Crippen molar-refractivity contribution in [3.63, 3.8) is 0 Å². The van der Waals surface area contributed by atoms with Crippen molar-refractivity contribution in [2.24, 2.45) is 5.92 Å². The van der Waals surface area contributed by atoms with E-state index in [2.05, 4.69) is 38.2 Å². The van der Waals surface area contributed by atoms with Crippen LogP contribution in [0.25, 0.3) is 0 Å². The largest absolute Gasteiger partial charge is 0.466 e. The second kappa shape index (κ2) is 10.4. The lowest BCUT2D eigenvalue weighted by Crippen LogP contribution is -2.36. The maximum atomic E-state index is 11.9. The summed E-state index contributed by atoms with van der Waals surface area (Å²) in [5, 5.41) is 3.47.